The van der Waals surface area contributed by atoms with Crippen molar-refractivity contribution in [1.82, 2.24) is 5.32 Å². The minimum atomic E-state index is -0.115. The van der Waals surface area contributed by atoms with E-state index < -0.39 is 0 Å². The molecule has 0 unspecified atom stereocenters. The molecule has 0 aromatic heterocycles. The number of unbranched alkanes of at least 4 members (excludes halogenated alkanes) is 2. The van der Waals surface area contributed by atoms with Crippen molar-refractivity contribution in [2.75, 3.05) is 0 Å². The molecule has 5 nitrogen and oxygen atoms in total. The van der Waals surface area contributed by atoms with Crippen LogP contribution in [0.2, 0.25) is 0 Å². The second-order valence-electron chi connectivity index (χ2n) is 5.25. The molecule has 22 heavy (non-hydrogen) atoms. The van der Waals surface area contributed by atoms with E-state index in [1.807, 2.05) is 12.2 Å². The number of nitrogens with two attached hydrogens (primary N) is 2. The minimum Gasteiger partial charge on any atom is -0.402 e. The maximum atomic E-state index is 11.8. The maximum Gasteiger partial charge on any atom is 0.229 e. The van der Waals surface area contributed by atoms with Crippen molar-refractivity contribution in [3.05, 3.63) is 47.5 Å². The van der Waals surface area contributed by atoms with E-state index in [1.165, 1.54) is 0 Å². The lowest BCUT2D eigenvalue weighted by Gasteiger charge is -2.09. The first-order chi connectivity index (χ1) is 10.6. The quantitative estimate of drug-likeness (QED) is 0.473. The van der Waals surface area contributed by atoms with Gasteiger partial charge in [0.2, 0.25) is 5.91 Å². The van der Waals surface area contributed by atoms with Crippen LogP contribution in [0.15, 0.2) is 47.5 Å². The third kappa shape index (κ3) is 7.95. The highest BCUT2D eigenvalue weighted by atomic mass is 16.1. The summed E-state index contributed by atoms with van der Waals surface area (Å²) in [6, 6.07) is 2.10. The molecule has 1 amide bonds. The van der Waals surface area contributed by atoms with Gasteiger partial charge in [-0.05, 0) is 44.3 Å². The lowest BCUT2D eigenvalue weighted by molar-refractivity contribution is -0.119. The van der Waals surface area contributed by atoms with Gasteiger partial charge >= 0.3 is 0 Å². The normalized spacial score (nSPS) is 15.1. The van der Waals surface area contributed by atoms with Gasteiger partial charge in [0.05, 0.1) is 6.07 Å². The molecular weight excluding hydrogens is 276 g/mol. The fourth-order valence-electron chi connectivity index (χ4n) is 2.07. The molecule has 0 aromatic carbocycles. The van der Waals surface area contributed by atoms with Crippen LogP contribution in [0.1, 0.15) is 44.9 Å². The Labute approximate surface area is 132 Å². The fraction of sp³-hybridized carbons (Fsp3) is 0.412. The molecule has 0 aromatic rings. The van der Waals surface area contributed by atoms with Crippen molar-refractivity contribution in [2.24, 2.45) is 11.5 Å². The van der Waals surface area contributed by atoms with Gasteiger partial charge in [0.15, 0.2) is 0 Å². The number of nitrogens with zero attached hydrogens (tertiary/aromatic N) is 1. The summed E-state index contributed by atoms with van der Waals surface area (Å²) in [6.07, 6.45) is 14.6. The molecule has 0 fully saturated rings. The van der Waals surface area contributed by atoms with Crippen LogP contribution in [0.5, 0.6) is 0 Å². The predicted molar refractivity (Wildman–Crippen MR) is 87.8 cm³/mol. The molecule has 0 saturated heterocycles. The highest BCUT2D eigenvalue weighted by molar-refractivity contribution is 5.80. The lowest BCUT2D eigenvalue weighted by atomic mass is 10.0. The average molecular weight is 300 g/mol. The smallest absolute Gasteiger partial charge is 0.229 e. The van der Waals surface area contributed by atoms with Gasteiger partial charge in [-0.1, -0.05) is 23.8 Å². The summed E-state index contributed by atoms with van der Waals surface area (Å²) in [5.41, 5.74) is 13.4. The Morgan fingerprint density at radius 2 is 2.18 bits per heavy atom. The molecule has 1 aliphatic rings. The molecule has 0 atom stereocenters. The fourth-order valence-corrected chi connectivity index (χ4v) is 2.07. The number of carbonyl (C=O) groups excluding carboxylic acids is 1. The van der Waals surface area contributed by atoms with Crippen LogP contribution in [-0.4, -0.2) is 5.91 Å². The van der Waals surface area contributed by atoms with Gasteiger partial charge in [0.1, 0.15) is 5.82 Å². The van der Waals surface area contributed by atoms with E-state index in [2.05, 4.69) is 17.5 Å². The Bertz CT molecular complexity index is 535. The van der Waals surface area contributed by atoms with Gasteiger partial charge in [-0.3, -0.25) is 4.79 Å². The Morgan fingerprint density at radius 1 is 1.36 bits per heavy atom. The molecule has 0 aliphatic heterocycles. The first kappa shape index (κ1) is 17.6. The van der Waals surface area contributed by atoms with Gasteiger partial charge < -0.3 is 16.8 Å². The summed E-state index contributed by atoms with van der Waals surface area (Å²) in [5.74, 6) is 0.174. The number of hydrogen-bond donors (Lipinski definition) is 3. The van der Waals surface area contributed by atoms with Crippen LogP contribution in [0.25, 0.3) is 0 Å². The molecule has 0 radical (unpaired) electrons. The van der Waals surface area contributed by atoms with Crippen molar-refractivity contribution < 1.29 is 4.79 Å². The van der Waals surface area contributed by atoms with Crippen LogP contribution in [0.3, 0.4) is 0 Å². The SMILES string of the molecule is N#CCCCC/C(N)=C/C=C(\N)NC(=O)CC1=CC=CCC1. The summed E-state index contributed by atoms with van der Waals surface area (Å²) in [6.45, 7) is 0. The van der Waals surface area contributed by atoms with Crippen molar-refractivity contribution in [1.29, 1.82) is 5.26 Å². The standard InChI is InChI=1S/C17H24N4O/c18-12-6-2-5-9-15(19)10-11-16(20)21-17(22)13-14-7-3-1-4-8-14/h1,3,7,10-11H,2,4-6,8-9,13,19-20H2,(H,21,22)/b15-10-,16-11+. The van der Waals surface area contributed by atoms with Crippen molar-refractivity contribution in [2.45, 2.75) is 44.9 Å². The summed E-state index contributed by atoms with van der Waals surface area (Å²) in [7, 11) is 0. The Balaban J connectivity index is 2.34. The van der Waals surface area contributed by atoms with E-state index in [0.29, 0.717) is 18.5 Å². The molecule has 118 valence electrons. The summed E-state index contributed by atoms with van der Waals surface area (Å²) >= 11 is 0. The van der Waals surface area contributed by atoms with Crippen LogP contribution >= 0.6 is 0 Å². The van der Waals surface area contributed by atoms with Gasteiger partial charge in [-0.2, -0.15) is 5.26 Å². The van der Waals surface area contributed by atoms with Crippen LogP contribution in [0.4, 0.5) is 0 Å². The zero-order valence-electron chi connectivity index (χ0n) is 12.8. The highest BCUT2D eigenvalue weighted by Crippen LogP contribution is 2.14. The number of allylic oxidation sites excluding steroid dienone is 6. The van der Waals surface area contributed by atoms with E-state index in [-0.39, 0.29) is 11.7 Å². The van der Waals surface area contributed by atoms with Gasteiger partial charge in [0.25, 0.3) is 0 Å². The van der Waals surface area contributed by atoms with Crippen LogP contribution in [-0.2, 0) is 4.79 Å². The van der Waals surface area contributed by atoms with E-state index in [9.17, 15) is 4.79 Å². The number of rotatable bonds is 8. The van der Waals surface area contributed by atoms with E-state index in [4.69, 9.17) is 16.7 Å². The summed E-state index contributed by atoms with van der Waals surface area (Å²) < 4.78 is 0. The van der Waals surface area contributed by atoms with E-state index in [1.54, 1.807) is 12.2 Å². The topological polar surface area (TPSA) is 105 Å². The number of carbonyl (C=O) groups is 1. The van der Waals surface area contributed by atoms with Crippen molar-refractivity contribution >= 4 is 5.91 Å². The van der Waals surface area contributed by atoms with Gasteiger partial charge in [-0.15, -0.1) is 0 Å². The number of amides is 1. The maximum absolute atomic E-state index is 11.8. The number of nitriles is 1. The second kappa shape index (κ2) is 10.3. The van der Waals surface area contributed by atoms with Gasteiger partial charge in [0, 0.05) is 18.5 Å². The zero-order valence-corrected chi connectivity index (χ0v) is 12.8. The second-order valence-corrected chi connectivity index (χ2v) is 5.25. The predicted octanol–water partition coefficient (Wildman–Crippen LogP) is 2.50. The Hall–Kier alpha value is -2.48. The van der Waals surface area contributed by atoms with E-state index in [0.717, 1.165) is 37.7 Å². The minimum absolute atomic E-state index is 0.115. The highest BCUT2D eigenvalue weighted by Gasteiger charge is 2.07. The van der Waals surface area contributed by atoms with Crippen LogP contribution in [0, 0.1) is 11.3 Å². The number of hydrogen-bond acceptors (Lipinski definition) is 4. The molecule has 0 saturated carbocycles. The van der Waals surface area contributed by atoms with Gasteiger partial charge in [-0.25, -0.2) is 0 Å². The number of nitrogens with one attached hydrogen (secondary N) is 1. The summed E-state index contributed by atoms with van der Waals surface area (Å²) in [5, 5.41) is 11.1. The largest absolute Gasteiger partial charge is 0.402 e. The van der Waals surface area contributed by atoms with E-state index >= 15 is 0 Å². The molecule has 5 N–H and O–H groups in total. The average Bonchev–Trinajstić information content (AvgIpc) is 2.50. The van der Waals surface area contributed by atoms with Crippen LogP contribution < -0.4 is 16.8 Å². The molecule has 1 aliphatic carbocycles. The third-order valence-corrected chi connectivity index (χ3v) is 3.25. The Morgan fingerprint density at radius 3 is 2.86 bits per heavy atom. The molecule has 1 rings (SSSR count). The molecule has 0 heterocycles. The van der Waals surface area contributed by atoms with Crippen molar-refractivity contribution in [3.63, 3.8) is 0 Å². The summed E-state index contributed by atoms with van der Waals surface area (Å²) in [4.78, 5) is 11.8. The zero-order chi connectivity index (χ0) is 16.2. The first-order valence-electron chi connectivity index (χ1n) is 7.55. The Kier molecular flexibility index (Phi) is 8.21. The third-order valence-electron chi connectivity index (χ3n) is 3.25. The monoisotopic (exact) mass is 300 g/mol. The molecule has 5 heteroatoms. The molecular formula is C17H24N4O. The lowest BCUT2D eigenvalue weighted by Crippen LogP contribution is -2.27. The van der Waals surface area contributed by atoms with Crippen molar-refractivity contribution in [3.8, 4) is 6.07 Å². The molecule has 0 spiro atoms. The molecule has 0 bridgehead atoms. The first-order valence-corrected chi connectivity index (χ1v) is 7.55.